The predicted molar refractivity (Wildman–Crippen MR) is 103 cm³/mol. The minimum Gasteiger partial charge on any atom is -0.381 e. The third kappa shape index (κ3) is 6.01. The van der Waals surface area contributed by atoms with Crippen LogP contribution in [0.4, 0.5) is 5.69 Å². The van der Waals surface area contributed by atoms with Gasteiger partial charge in [-0.1, -0.05) is 36.4 Å². The van der Waals surface area contributed by atoms with Crippen molar-refractivity contribution in [3.8, 4) is 0 Å². The van der Waals surface area contributed by atoms with Crippen molar-refractivity contribution in [3.05, 3.63) is 65.2 Å². The molecule has 0 spiro atoms. The van der Waals surface area contributed by atoms with Gasteiger partial charge in [-0.05, 0) is 43.0 Å². The molecule has 5 heteroatoms. The first kappa shape index (κ1) is 19.7. The summed E-state index contributed by atoms with van der Waals surface area (Å²) in [5.74, 6) is -0.237. The van der Waals surface area contributed by atoms with E-state index in [2.05, 4.69) is 22.8 Å². The van der Waals surface area contributed by atoms with Crippen molar-refractivity contribution in [1.29, 1.82) is 0 Å². The summed E-state index contributed by atoms with van der Waals surface area (Å²) >= 11 is 0. The first-order chi connectivity index (χ1) is 12.6. The van der Waals surface area contributed by atoms with Crippen molar-refractivity contribution < 1.29 is 14.3 Å². The van der Waals surface area contributed by atoms with Gasteiger partial charge in [0.15, 0.2) is 0 Å². The van der Waals surface area contributed by atoms with Crippen LogP contribution in [0.5, 0.6) is 0 Å². The number of carbonyl (C=O) groups excluding carboxylic acids is 2. The van der Waals surface area contributed by atoms with Gasteiger partial charge in [0, 0.05) is 31.3 Å². The molecule has 0 aliphatic carbocycles. The molecule has 0 fully saturated rings. The van der Waals surface area contributed by atoms with Gasteiger partial charge in [0.2, 0.25) is 5.91 Å². The van der Waals surface area contributed by atoms with Gasteiger partial charge >= 0.3 is 0 Å². The van der Waals surface area contributed by atoms with E-state index in [4.69, 9.17) is 4.74 Å². The lowest BCUT2D eigenvalue weighted by molar-refractivity contribution is -0.116. The van der Waals surface area contributed by atoms with Gasteiger partial charge in [-0.3, -0.25) is 9.59 Å². The van der Waals surface area contributed by atoms with Crippen LogP contribution in [0.25, 0.3) is 0 Å². The van der Waals surface area contributed by atoms with E-state index in [9.17, 15) is 9.59 Å². The van der Waals surface area contributed by atoms with E-state index in [0.29, 0.717) is 37.3 Å². The van der Waals surface area contributed by atoms with Gasteiger partial charge in [-0.25, -0.2) is 0 Å². The molecule has 0 aromatic heterocycles. The van der Waals surface area contributed by atoms with Crippen LogP contribution in [0.3, 0.4) is 0 Å². The monoisotopic (exact) mass is 354 g/mol. The summed E-state index contributed by atoms with van der Waals surface area (Å²) in [6.45, 7) is 3.03. The number of hydrogen-bond donors (Lipinski definition) is 2. The highest BCUT2D eigenvalue weighted by molar-refractivity contribution is 5.99. The Balaban J connectivity index is 1.70. The first-order valence-electron chi connectivity index (χ1n) is 8.85. The second kappa shape index (κ2) is 10.4. The van der Waals surface area contributed by atoms with Crippen LogP contribution in [-0.2, 0) is 16.0 Å². The number of benzene rings is 2. The van der Waals surface area contributed by atoms with Gasteiger partial charge in [-0.2, -0.15) is 0 Å². The number of ether oxygens (including phenoxy) is 1. The molecule has 0 heterocycles. The minimum atomic E-state index is -0.162. The maximum absolute atomic E-state index is 12.1. The molecule has 2 amide bonds. The zero-order chi connectivity index (χ0) is 18.8. The van der Waals surface area contributed by atoms with Crippen LogP contribution in [-0.4, -0.2) is 32.1 Å². The molecule has 0 aliphatic heterocycles. The van der Waals surface area contributed by atoms with Gasteiger partial charge < -0.3 is 15.4 Å². The Labute approximate surface area is 154 Å². The number of nitrogens with one attached hydrogen (secondary N) is 2. The molecule has 0 aliphatic rings. The summed E-state index contributed by atoms with van der Waals surface area (Å²) in [4.78, 5) is 23.9. The van der Waals surface area contributed by atoms with Crippen LogP contribution in [0.2, 0.25) is 0 Å². The van der Waals surface area contributed by atoms with Crippen molar-refractivity contribution in [3.63, 3.8) is 0 Å². The average Bonchev–Trinajstić information content (AvgIpc) is 2.66. The fraction of sp³-hybridized carbons (Fsp3) is 0.333. The number of hydrogen-bond acceptors (Lipinski definition) is 3. The first-order valence-corrected chi connectivity index (χ1v) is 8.85. The Morgan fingerprint density at radius 2 is 1.77 bits per heavy atom. The highest BCUT2D eigenvalue weighted by atomic mass is 16.5. The molecule has 0 atom stereocenters. The molecule has 0 saturated carbocycles. The van der Waals surface area contributed by atoms with E-state index in [-0.39, 0.29) is 11.8 Å². The highest BCUT2D eigenvalue weighted by Gasteiger charge is 2.11. The van der Waals surface area contributed by atoms with Gasteiger partial charge in [0.05, 0.1) is 6.61 Å². The smallest absolute Gasteiger partial charge is 0.251 e. The second-order valence-electron chi connectivity index (χ2n) is 6.06. The standard InChI is InChI=1S/C21H26N2O3/c1-16-18(21(25)22-2)10-6-11-19(16)23-20(24)12-7-14-26-15-13-17-8-4-3-5-9-17/h3-6,8-11H,7,12-15H2,1-2H3,(H,22,25)(H,23,24). The SMILES string of the molecule is CNC(=O)c1cccc(NC(=O)CCCOCCc2ccccc2)c1C. The maximum atomic E-state index is 12.1. The molecule has 26 heavy (non-hydrogen) atoms. The Morgan fingerprint density at radius 3 is 2.50 bits per heavy atom. The molecule has 138 valence electrons. The molecule has 2 N–H and O–H groups in total. The van der Waals surface area contributed by atoms with Crippen LogP contribution in [0.1, 0.15) is 34.3 Å². The summed E-state index contributed by atoms with van der Waals surface area (Å²) in [6.07, 6.45) is 1.92. The van der Waals surface area contributed by atoms with Crippen molar-refractivity contribution >= 4 is 17.5 Å². The summed E-state index contributed by atoms with van der Waals surface area (Å²) in [6, 6.07) is 15.5. The molecule has 5 nitrogen and oxygen atoms in total. The Kier molecular flexibility index (Phi) is 7.83. The average molecular weight is 354 g/mol. The lowest BCUT2D eigenvalue weighted by Gasteiger charge is -2.12. The minimum absolute atomic E-state index is 0.0752. The largest absolute Gasteiger partial charge is 0.381 e. The quantitative estimate of drug-likeness (QED) is 0.679. The lowest BCUT2D eigenvalue weighted by atomic mass is 10.1. The van der Waals surface area contributed by atoms with Crippen LogP contribution < -0.4 is 10.6 Å². The number of amides is 2. The molecule has 2 aromatic rings. The molecule has 0 radical (unpaired) electrons. The maximum Gasteiger partial charge on any atom is 0.251 e. The molecular weight excluding hydrogens is 328 g/mol. The van der Waals surface area contributed by atoms with Crippen LogP contribution >= 0.6 is 0 Å². The summed E-state index contributed by atoms with van der Waals surface area (Å²) < 4.78 is 5.59. The summed E-state index contributed by atoms with van der Waals surface area (Å²) in [5, 5.41) is 5.47. The third-order valence-electron chi connectivity index (χ3n) is 4.15. The van der Waals surface area contributed by atoms with E-state index < -0.39 is 0 Å². The van der Waals surface area contributed by atoms with E-state index >= 15 is 0 Å². The van der Waals surface area contributed by atoms with Gasteiger partial charge in [0.25, 0.3) is 5.91 Å². The van der Waals surface area contributed by atoms with Crippen LogP contribution in [0, 0.1) is 6.92 Å². The molecular formula is C21H26N2O3. The molecule has 2 rings (SSSR count). The Hall–Kier alpha value is -2.66. The van der Waals surface area contributed by atoms with E-state index in [1.165, 1.54) is 5.56 Å². The molecule has 0 saturated heterocycles. The highest BCUT2D eigenvalue weighted by Crippen LogP contribution is 2.19. The summed E-state index contributed by atoms with van der Waals surface area (Å²) in [5.41, 5.74) is 3.24. The normalized spacial score (nSPS) is 10.4. The molecule has 0 unspecified atom stereocenters. The Morgan fingerprint density at radius 1 is 1.00 bits per heavy atom. The zero-order valence-electron chi connectivity index (χ0n) is 15.4. The predicted octanol–water partition coefficient (Wildman–Crippen LogP) is 3.33. The zero-order valence-corrected chi connectivity index (χ0v) is 15.4. The van der Waals surface area contributed by atoms with Crippen LogP contribution in [0.15, 0.2) is 48.5 Å². The van der Waals surface area contributed by atoms with Crippen molar-refractivity contribution in [2.75, 3.05) is 25.6 Å². The van der Waals surface area contributed by atoms with Gasteiger partial charge in [0.1, 0.15) is 0 Å². The number of carbonyl (C=O) groups is 2. The van der Waals surface area contributed by atoms with Gasteiger partial charge in [-0.15, -0.1) is 0 Å². The summed E-state index contributed by atoms with van der Waals surface area (Å²) in [7, 11) is 1.59. The Bertz CT molecular complexity index is 729. The topological polar surface area (TPSA) is 67.4 Å². The van der Waals surface area contributed by atoms with E-state index in [0.717, 1.165) is 12.0 Å². The van der Waals surface area contributed by atoms with E-state index in [1.54, 1.807) is 25.2 Å². The number of anilines is 1. The van der Waals surface area contributed by atoms with Crippen molar-refractivity contribution in [1.82, 2.24) is 5.32 Å². The third-order valence-corrected chi connectivity index (χ3v) is 4.15. The second-order valence-corrected chi connectivity index (χ2v) is 6.06. The lowest BCUT2D eigenvalue weighted by Crippen LogP contribution is -2.20. The molecule has 2 aromatic carbocycles. The van der Waals surface area contributed by atoms with Crippen molar-refractivity contribution in [2.45, 2.75) is 26.2 Å². The molecule has 0 bridgehead atoms. The van der Waals surface area contributed by atoms with Crippen molar-refractivity contribution in [2.24, 2.45) is 0 Å². The fourth-order valence-corrected chi connectivity index (χ4v) is 2.64. The fourth-order valence-electron chi connectivity index (χ4n) is 2.64. The van der Waals surface area contributed by atoms with E-state index in [1.807, 2.05) is 25.1 Å². The number of rotatable bonds is 9.